The molecule has 0 spiro atoms. The van der Waals surface area contributed by atoms with Crippen LogP contribution in [0.3, 0.4) is 0 Å². The van der Waals surface area contributed by atoms with Gasteiger partial charge in [-0.15, -0.1) is 24.5 Å². The Bertz CT molecular complexity index is 605. The zero-order chi connectivity index (χ0) is 14.9. The minimum atomic E-state index is -4.66. The number of ether oxygens (including phenoxy) is 1. The molecule has 112 valence electrons. The number of hydrogen-bond acceptors (Lipinski definition) is 4. The van der Waals surface area contributed by atoms with Gasteiger partial charge in [0.1, 0.15) is 10.8 Å². The summed E-state index contributed by atoms with van der Waals surface area (Å²) in [6.07, 6.45) is -0.404. The molecule has 0 radical (unpaired) electrons. The number of benzene rings is 1. The van der Waals surface area contributed by atoms with Crippen LogP contribution in [0.1, 0.15) is 17.7 Å². The van der Waals surface area contributed by atoms with Crippen molar-refractivity contribution in [1.29, 1.82) is 0 Å². The van der Waals surface area contributed by atoms with Crippen molar-refractivity contribution in [2.24, 2.45) is 0 Å². The minimum absolute atomic E-state index is 0.224. The van der Waals surface area contributed by atoms with E-state index in [2.05, 4.69) is 15.0 Å². The standard InChI is InChI=1S/C14H13F3N2OS/c15-14(16,17)20-11-5-1-9(2-6-11)13-19-8-12(21-13)7-18-10-3-4-10/h1-2,5-6,8,10,18H,3-4,7H2. The first-order valence-corrected chi connectivity index (χ1v) is 7.35. The molecule has 3 nitrogen and oxygen atoms in total. The molecular weight excluding hydrogens is 301 g/mol. The van der Waals surface area contributed by atoms with E-state index in [1.54, 1.807) is 18.3 Å². The Labute approximate surface area is 123 Å². The third-order valence-corrected chi connectivity index (χ3v) is 4.08. The predicted molar refractivity (Wildman–Crippen MR) is 74.1 cm³/mol. The SMILES string of the molecule is FC(F)(F)Oc1ccc(-c2ncc(CNC3CC3)s2)cc1. The molecule has 1 heterocycles. The third kappa shape index (κ3) is 4.18. The van der Waals surface area contributed by atoms with E-state index in [0.717, 1.165) is 22.0 Å². The summed E-state index contributed by atoms with van der Waals surface area (Å²) in [5, 5.41) is 4.19. The maximum atomic E-state index is 12.1. The summed E-state index contributed by atoms with van der Waals surface area (Å²) in [5.74, 6) is -0.224. The van der Waals surface area contributed by atoms with E-state index in [0.29, 0.717) is 6.04 Å². The van der Waals surface area contributed by atoms with Crippen LogP contribution in [0.2, 0.25) is 0 Å². The first kappa shape index (κ1) is 14.3. The monoisotopic (exact) mass is 314 g/mol. The second-order valence-electron chi connectivity index (χ2n) is 4.86. The average molecular weight is 314 g/mol. The summed E-state index contributed by atoms with van der Waals surface area (Å²) in [6, 6.07) is 6.39. The molecule has 0 bridgehead atoms. The molecule has 7 heteroatoms. The van der Waals surface area contributed by atoms with Gasteiger partial charge in [0.2, 0.25) is 0 Å². The molecule has 1 N–H and O–H groups in total. The number of rotatable bonds is 5. The van der Waals surface area contributed by atoms with Crippen molar-refractivity contribution in [3.05, 3.63) is 35.3 Å². The Morgan fingerprint density at radius 3 is 2.57 bits per heavy atom. The number of nitrogens with one attached hydrogen (secondary N) is 1. The van der Waals surface area contributed by atoms with Gasteiger partial charge in [0.25, 0.3) is 0 Å². The lowest BCUT2D eigenvalue weighted by Crippen LogP contribution is -2.16. The van der Waals surface area contributed by atoms with Crippen LogP contribution in [-0.4, -0.2) is 17.4 Å². The molecule has 1 fully saturated rings. The molecule has 1 aliphatic carbocycles. The molecule has 2 aromatic rings. The Morgan fingerprint density at radius 2 is 1.95 bits per heavy atom. The highest BCUT2D eigenvalue weighted by Crippen LogP contribution is 2.29. The van der Waals surface area contributed by atoms with Crippen molar-refractivity contribution in [3.63, 3.8) is 0 Å². The molecule has 0 aliphatic heterocycles. The molecule has 1 saturated carbocycles. The molecular formula is C14H13F3N2OS. The fraction of sp³-hybridized carbons (Fsp3) is 0.357. The van der Waals surface area contributed by atoms with Gasteiger partial charge in [-0.1, -0.05) is 0 Å². The normalized spacial score (nSPS) is 15.2. The smallest absolute Gasteiger partial charge is 0.406 e. The molecule has 3 rings (SSSR count). The van der Waals surface area contributed by atoms with Gasteiger partial charge in [0.05, 0.1) is 0 Å². The Kier molecular flexibility index (Phi) is 3.86. The molecule has 21 heavy (non-hydrogen) atoms. The van der Waals surface area contributed by atoms with Gasteiger partial charge in [-0.2, -0.15) is 0 Å². The van der Waals surface area contributed by atoms with E-state index in [1.165, 1.54) is 36.3 Å². The van der Waals surface area contributed by atoms with Gasteiger partial charge < -0.3 is 10.1 Å². The van der Waals surface area contributed by atoms with E-state index in [-0.39, 0.29) is 5.75 Å². The van der Waals surface area contributed by atoms with Crippen molar-refractivity contribution in [3.8, 4) is 16.3 Å². The van der Waals surface area contributed by atoms with Gasteiger partial charge in [0.15, 0.2) is 0 Å². The highest BCUT2D eigenvalue weighted by atomic mass is 32.1. The van der Waals surface area contributed by atoms with Crippen LogP contribution in [0.15, 0.2) is 30.5 Å². The number of nitrogens with zero attached hydrogens (tertiary/aromatic N) is 1. The highest BCUT2D eigenvalue weighted by Gasteiger charge is 2.31. The zero-order valence-electron chi connectivity index (χ0n) is 11.0. The second kappa shape index (κ2) is 5.65. The lowest BCUT2D eigenvalue weighted by molar-refractivity contribution is -0.274. The van der Waals surface area contributed by atoms with E-state index >= 15 is 0 Å². The topological polar surface area (TPSA) is 34.1 Å². The number of thiazole rings is 1. The second-order valence-corrected chi connectivity index (χ2v) is 5.97. The van der Waals surface area contributed by atoms with Gasteiger partial charge in [0, 0.05) is 29.2 Å². The molecule has 0 saturated heterocycles. The molecule has 0 atom stereocenters. The number of aromatic nitrogens is 1. The van der Waals surface area contributed by atoms with Gasteiger partial charge in [-0.3, -0.25) is 0 Å². The van der Waals surface area contributed by atoms with Gasteiger partial charge in [-0.25, -0.2) is 4.98 Å². The summed E-state index contributed by atoms with van der Waals surface area (Å²) in [5.41, 5.74) is 0.784. The van der Waals surface area contributed by atoms with E-state index < -0.39 is 6.36 Å². The quantitative estimate of drug-likeness (QED) is 0.907. The minimum Gasteiger partial charge on any atom is -0.406 e. The summed E-state index contributed by atoms with van der Waals surface area (Å²) in [6.45, 7) is 0.789. The highest BCUT2D eigenvalue weighted by molar-refractivity contribution is 7.15. The van der Waals surface area contributed by atoms with Crippen molar-refractivity contribution in [1.82, 2.24) is 10.3 Å². The lowest BCUT2D eigenvalue weighted by atomic mass is 10.2. The first-order chi connectivity index (χ1) is 9.99. The molecule has 0 amide bonds. The Hall–Kier alpha value is -1.60. The average Bonchev–Trinajstić information content (AvgIpc) is 3.13. The van der Waals surface area contributed by atoms with Crippen molar-refractivity contribution < 1.29 is 17.9 Å². The van der Waals surface area contributed by atoms with Crippen LogP contribution < -0.4 is 10.1 Å². The molecule has 1 aromatic heterocycles. The van der Waals surface area contributed by atoms with Gasteiger partial charge in [-0.05, 0) is 37.1 Å². The lowest BCUT2D eigenvalue weighted by Gasteiger charge is -2.08. The van der Waals surface area contributed by atoms with E-state index in [4.69, 9.17) is 0 Å². The molecule has 0 unspecified atom stereocenters. The Balaban J connectivity index is 1.65. The van der Waals surface area contributed by atoms with Crippen LogP contribution in [0.25, 0.3) is 10.6 Å². The summed E-state index contributed by atoms with van der Waals surface area (Å²) < 4.78 is 40.1. The maximum absolute atomic E-state index is 12.1. The first-order valence-electron chi connectivity index (χ1n) is 6.54. The molecule has 1 aromatic carbocycles. The predicted octanol–water partition coefficient (Wildman–Crippen LogP) is 3.96. The van der Waals surface area contributed by atoms with Crippen LogP contribution in [0.4, 0.5) is 13.2 Å². The number of alkyl halides is 3. The van der Waals surface area contributed by atoms with Crippen LogP contribution in [0, 0.1) is 0 Å². The number of hydrogen-bond donors (Lipinski definition) is 1. The number of halogens is 3. The van der Waals surface area contributed by atoms with Crippen LogP contribution in [-0.2, 0) is 6.54 Å². The van der Waals surface area contributed by atoms with E-state index in [1.807, 2.05) is 0 Å². The van der Waals surface area contributed by atoms with E-state index in [9.17, 15) is 13.2 Å². The largest absolute Gasteiger partial charge is 0.573 e. The summed E-state index contributed by atoms with van der Waals surface area (Å²) >= 11 is 1.54. The van der Waals surface area contributed by atoms with Crippen molar-refractivity contribution >= 4 is 11.3 Å². The van der Waals surface area contributed by atoms with Crippen molar-refractivity contribution in [2.75, 3.05) is 0 Å². The summed E-state index contributed by atoms with van der Waals surface area (Å²) in [4.78, 5) is 5.42. The summed E-state index contributed by atoms with van der Waals surface area (Å²) in [7, 11) is 0. The van der Waals surface area contributed by atoms with Gasteiger partial charge >= 0.3 is 6.36 Å². The van der Waals surface area contributed by atoms with Crippen molar-refractivity contribution in [2.45, 2.75) is 31.8 Å². The third-order valence-electron chi connectivity index (χ3n) is 3.03. The fourth-order valence-electron chi connectivity index (χ4n) is 1.85. The fourth-order valence-corrected chi connectivity index (χ4v) is 2.72. The van der Waals surface area contributed by atoms with Crippen LogP contribution in [0.5, 0.6) is 5.75 Å². The molecule has 1 aliphatic rings. The Morgan fingerprint density at radius 1 is 1.24 bits per heavy atom. The zero-order valence-corrected chi connectivity index (χ0v) is 11.8. The maximum Gasteiger partial charge on any atom is 0.573 e. The van der Waals surface area contributed by atoms with Crippen LogP contribution >= 0.6 is 11.3 Å².